The summed E-state index contributed by atoms with van der Waals surface area (Å²) in [5.41, 5.74) is 0.869. The van der Waals surface area contributed by atoms with Crippen LogP contribution in [0.25, 0.3) is 0 Å². The summed E-state index contributed by atoms with van der Waals surface area (Å²) in [6, 6.07) is 13.9. The largest absolute Gasteiger partial charge is 0.455 e. The molecule has 8 nitrogen and oxygen atoms in total. The number of rotatable bonds is 10. The zero-order valence-electron chi connectivity index (χ0n) is 17.1. The molecule has 0 bridgehead atoms. The number of nitrogens with zero attached hydrogens (tertiary/aromatic N) is 1. The fourth-order valence-electron chi connectivity index (χ4n) is 2.63. The fraction of sp³-hybridized carbons (Fsp3) is 0.286. The second kappa shape index (κ2) is 11.0. The van der Waals surface area contributed by atoms with Gasteiger partial charge in [0.25, 0.3) is 5.91 Å². The van der Waals surface area contributed by atoms with Crippen molar-refractivity contribution in [3.63, 3.8) is 0 Å². The number of ketones is 1. The van der Waals surface area contributed by atoms with Gasteiger partial charge in [-0.25, -0.2) is 8.42 Å². The van der Waals surface area contributed by atoms with Gasteiger partial charge in [0, 0.05) is 12.1 Å². The molecule has 1 N–H and O–H groups in total. The Labute approximate surface area is 186 Å². The van der Waals surface area contributed by atoms with Gasteiger partial charge in [0.15, 0.2) is 12.4 Å². The molecule has 0 aromatic heterocycles. The number of halogens is 1. The monoisotopic (exact) mass is 466 g/mol. The maximum Gasteiger partial charge on any atom is 0.321 e. The molecule has 0 aliphatic heterocycles. The van der Waals surface area contributed by atoms with Crippen molar-refractivity contribution in [1.29, 1.82) is 0 Å². The number of amides is 1. The van der Waals surface area contributed by atoms with Crippen LogP contribution in [0.5, 0.6) is 0 Å². The van der Waals surface area contributed by atoms with Crippen molar-refractivity contribution in [2.45, 2.75) is 24.3 Å². The van der Waals surface area contributed by atoms with E-state index in [1.165, 1.54) is 38.2 Å². The van der Waals surface area contributed by atoms with E-state index in [9.17, 15) is 22.8 Å². The van der Waals surface area contributed by atoms with Gasteiger partial charge in [-0.1, -0.05) is 41.9 Å². The average molecular weight is 467 g/mol. The first-order chi connectivity index (χ1) is 14.6. The first-order valence-electron chi connectivity index (χ1n) is 9.31. The van der Waals surface area contributed by atoms with Crippen LogP contribution in [0.1, 0.15) is 12.5 Å². The van der Waals surface area contributed by atoms with Gasteiger partial charge in [-0.05, 0) is 43.2 Å². The van der Waals surface area contributed by atoms with Crippen LogP contribution in [0.2, 0.25) is 5.02 Å². The van der Waals surface area contributed by atoms with E-state index in [0.717, 1.165) is 9.87 Å². The Bertz CT molecular complexity index is 1030. The molecule has 1 unspecified atom stereocenters. The summed E-state index contributed by atoms with van der Waals surface area (Å²) in [6.07, 6.45) is 0.304. The highest BCUT2D eigenvalue weighted by molar-refractivity contribution is 7.89. The average Bonchev–Trinajstić information content (AvgIpc) is 2.72. The lowest BCUT2D eigenvalue weighted by Crippen LogP contribution is -2.43. The molecule has 0 aliphatic rings. The molecule has 2 aromatic rings. The highest BCUT2D eigenvalue weighted by Crippen LogP contribution is 2.17. The van der Waals surface area contributed by atoms with Crippen molar-refractivity contribution < 1.29 is 27.5 Å². The highest BCUT2D eigenvalue weighted by atomic mass is 35.5. The van der Waals surface area contributed by atoms with Gasteiger partial charge in [0.1, 0.15) is 6.54 Å². The number of hydrogen-bond acceptors (Lipinski definition) is 6. The van der Waals surface area contributed by atoms with Gasteiger partial charge < -0.3 is 10.1 Å². The molecule has 0 fully saturated rings. The number of esters is 1. The van der Waals surface area contributed by atoms with Crippen molar-refractivity contribution in [3.8, 4) is 0 Å². The molecule has 0 spiro atoms. The summed E-state index contributed by atoms with van der Waals surface area (Å²) >= 11 is 5.76. The molecule has 166 valence electrons. The summed E-state index contributed by atoms with van der Waals surface area (Å²) in [6.45, 7) is 0.140. The zero-order chi connectivity index (χ0) is 23.0. The topological polar surface area (TPSA) is 110 Å². The van der Waals surface area contributed by atoms with Crippen LogP contribution >= 0.6 is 11.6 Å². The summed E-state index contributed by atoms with van der Waals surface area (Å²) in [5, 5.41) is 2.90. The molecule has 10 heteroatoms. The van der Waals surface area contributed by atoms with E-state index in [-0.39, 0.29) is 10.7 Å². The number of carbonyl (C=O) groups is 3. The maximum absolute atomic E-state index is 12.5. The summed E-state index contributed by atoms with van der Waals surface area (Å²) in [4.78, 5) is 35.9. The first kappa shape index (κ1) is 24.5. The smallest absolute Gasteiger partial charge is 0.321 e. The zero-order valence-corrected chi connectivity index (χ0v) is 18.7. The van der Waals surface area contributed by atoms with Gasteiger partial charge in [-0.2, -0.15) is 4.31 Å². The van der Waals surface area contributed by atoms with Crippen LogP contribution in [0, 0.1) is 0 Å². The van der Waals surface area contributed by atoms with E-state index < -0.39 is 41.1 Å². The van der Waals surface area contributed by atoms with Crippen LogP contribution in [-0.4, -0.2) is 56.6 Å². The molecule has 0 saturated heterocycles. The Morgan fingerprint density at radius 1 is 1.06 bits per heavy atom. The van der Waals surface area contributed by atoms with Gasteiger partial charge in [-0.3, -0.25) is 14.4 Å². The van der Waals surface area contributed by atoms with E-state index in [0.29, 0.717) is 11.4 Å². The van der Waals surface area contributed by atoms with E-state index >= 15 is 0 Å². The van der Waals surface area contributed by atoms with Crippen LogP contribution in [0.4, 0.5) is 0 Å². The SMILES string of the molecule is CC(=O)C(Cc1ccccc1)NC(=O)COC(=O)CN(C)S(=O)(=O)c1ccc(Cl)cc1. The van der Waals surface area contributed by atoms with Gasteiger partial charge in [0.2, 0.25) is 10.0 Å². The third-order valence-corrected chi connectivity index (χ3v) is 6.42. The number of likely N-dealkylation sites (N-methyl/N-ethyl adjacent to an activating group) is 1. The van der Waals surface area contributed by atoms with Crippen molar-refractivity contribution in [2.75, 3.05) is 20.2 Å². The van der Waals surface area contributed by atoms with Crippen LogP contribution in [-0.2, 0) is 35.6 Å². The second-order valence-corrected chi connectivity index (χ2v) is 9.28. The van der Waals surface area contributed by atoms with Crippen LogP contribution in [0.3, 0.4) is 0 Å². The first-order valence-corrected chi connectivity index (χ1v) is 11.1. The third kappa shape index (κ3) is 7.46. The third-order valence-electron chi connectivity index (χ3n) is 4.35. The minimum atomic E-state index is -3.93. The minimum Gasteiger partial charge on any atom is -0.455 e. The lowest BCUT2D eigenvalue weighted by atomic mass is 10.0. The Morgan fingerprint density at radius 2 is 1.68 bits per heavy atom. The summed E-state index contributed by atoms with van der Waals surface area (Å²) < 4.78 is 30.6. The summed E-state index contributed by atoms with van der Waals surface area (Å²) in [7, 11) is -2.71. The van der Waals surface area contributed by atoms with Gasteiger partial charge in [-0.15, -0.1) is 0 Å². The number of benzene rings is 2. The predicted molar refractivity (Wildman–Crippen MR) is 115 cm³/mol. The Kier molecular flexibility index (Phi) is 8.73. The quantitative estimate of drug-likeness (QED) is 0.535. The number of nitrogens with one attached hydrogen (secondary N) is 1. The Balaban J connectivity index is 1.87. The standard InChI is InChI=1S/C21H23ClN2O6S/c1-15(25)19(12-16-6-4-3-5-7-16)23-20(26)14-30-21(27)13-24(2)31(28,29)18-10-8-17(22)9-11-18/h3-11,19H,12-14H2,1-2H3,(H,23,26). The van der Waals surface area contributed by atoms with Gasteiger partial charge in [0.05, 0.1) is 10.9 Å². The van der Waals surface area contributed by atoms with Crippen molar-refractivity contribution >= 4 is 39.3 Å². The second-order valence-electron chi connectivity index (χ2n) is 6.80. The highest BCUT2D eigenvalue weighted by Gasteiger charge is 2.24. The number of sulfonamides is 1. The molecule has 2 rings (SSSR count). The van der Waals surface area contributed by atoms with Crippen LogP contribution < -0.4 is 5.32 Å². The molecule has 0 heterocycles. The Morgan fingerprint density at radius 3 is 2.26 bits per heavy atom. The molecule has 0 radical (unpaired) electrons. The predicted octanol–water partition coefficient (Wildman–Crippen LogP) is 1.82. The number of hydrogen-bond donors (Lipinski definition) is 1. The van der Waals surface area contributed by atoms with Gasteiger partial charge >= 0.3 is 5.97 Å². The van der Waals surface area contributed by atoms with Crippen LogP contribution in [0.15, 0.2) is 59.5 Å². The molecular formula is C21H23ClN2O6S. The number of carbonyl (C=O) groups excluding carboxylic acids is 3. The minimum absolute atomic E-state index is 0.0323. The summed E-state index contributed by atoms with van der Waals surface area (Å²) in [5.74, 6) is -1.80. The molecule has 1 amide bonds. The maximum atomic E-state index is 12.5. The van der Waals surface area contributed by atoms with E-state index in [4.69, 9.17) is 16.3 Å². The van der Waals surface area contributed by atoms with Crippen molar-refractivity contribution in [1.82, 2.24) is 9.62 Å². The lowest BCUT2D eigenvalue weighted by Gasteiger charge is -2.18. The lowest BCUT2D eigenvalue weighted by molar-refractivity contribution is -0.148. The molecule has 0 aliphatic carbocycles. The van der Waals surface area contributed by atoms with E-state index in [1.54, 1.807) is 0 Å². The fourth-order valence-corrected chi connectivity index (χ4v) is 3.87. The molecule has 0 saturated carbocycles. The van der Waals surface area contributed by atoms with Crippen molar-refractivity contribution in [3.05, 3.63) is 65.2 Å². The normalized spacial score (nSPS) is 12.3. The van der Waals surface area contributed by atoms with E-state index in [2.05, 4.69) is 5.32 Å². The molecular weight excluding hydrogens is 444 g/mol. The van der Waals surface area contributed by atoms with E-state index in [1.807, 2.05) is 30.3 Å². The molecule has 31 heavy (non-hydrogen) atoms. The number of ether oxygens (including phenoxy) is 1. The molecule has 1 atom stereocenters. The number of Topliss-reactive ketones (excluding diaryl/α,β-unsaturated/α-hetero) is 1. The molecule has 2 aromatic carbocycles. The van der Waals surface area contributed by atoms with Crippen molar-refractivity contribution in [2.24, 2.45) is 0 Å². The Hall–Kier alpha value is -2.75.